The minimum Gasteiger partial charge on any atom is -0.508 e. The van der Waals surface area contributed by atoms with Gasteiger partial charge in [0.05, 0.1) is 12.6 Å². The zero-order chi connectivity index (χ0) is 70.0. The summed E-state index contributed by atoms with van der Waals surface area (Å²) in [6.45, 7) is 27.4. The maximum absolute atomic E-state index is 15.3. The summed E-state index contributed by atoms with van der Waals surface area (Å²) in [6, 6.07) is -6.18. The molecule has 12 atom stereocenters. The van der Waals surface area contributed by atoms with Crippen molar-refractivity contribution in [3.05, 3.63) is 35.9 Å². The second kappa shape index (κ2) is 36.2. The van der Waals surface area contributed by atoms with Crippen molar-refractivity contribution in [1.82, 2.24) is 55.6 Å². The summed E-state index contributed by atoms with van der Waals surface area (Å²) in [4.78, 5) is 170. The third-order valence-electron chi connectivity index (χ3n) is 17.0. The van der Waals surface area contributed by atoms with Crippen molar-refractivity contribution in [1.29, 1.82) is 0 Å². The number of hydrogen-bond acceptors (Lipinski definition) is 13. The van der Waals surface area contributed by atoms with Crippen LogP contribution in [0, 0.1) is 41.4 Å². The number of benzene rings is 1. The van der Waals surface area contributed by atoms with Gasteiger partial charge in [-0.15, -0.1) is 0 Å². The number of amides is 11. The van der Waals surface area contributed by atoms with E-state index in [-0.39, 0.29) is 67.9 Å². The number of nitrogens with one attached hydrogen (secondary N) is 4. The van der Waals surface area contributed by atoms with Gasteiger partial charge < -0.3 is 65.8 Å². The first-order valence-corrected chi connectivity index (χ1v) is 32.3. The number of nitrogens with zero attached hydrogens (tertiary/aromatic N) is 7. The highest BCUT2D eigenvalue weighted by Gasteiger charge is 2.46. The van der Waals surface area contributed by atoms with Crippen LogP contribution in [0.2, 0.25) is 0 Å². The van der Waals surface area contributed by atoms with Crippen LogP contribution in [0.4, 0.5) is 0 Å². The Morgan fingerprint density at radius 2 is 0.901 bits per heavy atom. The molecular weight excluding hydrogens is 1170 g/mol. The largest absolute Gasteiger partial charge is 0.508 e. The van der Waals surface area contributed by atoms with Crippen LogP contribution < -0.4 is 21.3 Å². The third-order valence-corrected chi connectivity index (χ3v) is 17.0. The molecule has 0 unspecified atom stereocenters. The smallest absolute Gasteiger partial charge is 0.246 e. The Bertz CT molecular complexity index is 2680. The van der Waals surface area contributed by atoms with Crippen molar-refractivity contribution in [2.75, 3.05) is 55.9 Å². The quantitative estimate of drug-likeness (QED) is 0.136. The molecule has 2 rings (SSSR count). The summed E-state index contributed by atoms with van der Waals surface area (Å²) in [6.07, 6.45) is 2.69. The Labute approximate surface area is 542 Å². The number of hydrogen-bond donors (Lipinski definition) is 6. The van der Waals surface area contributed by atoms with Crippen LogP contribution in [-0.4, -0.2) is 232 Å². The van der Waals surface area contributed by atoms with E-state index in [4.69, 9.17) is 0 Å². The van der Waals surface area contributed by atoms with Gasteiger partial charge in [0.2, 0.25) is 65.0 Å². The van der Waals surface area contributed by atoms with E-state index in [0.29, 0.717) is 0 Å². The predicted octanol–water partition coefficient (Wildman–Crippen LogP) is 4.11. The standard InChI is InChI=1S/C67H113N11O13/c1-24-48-63(87)72(17)36-53(80)73(18)49(32-37(2)3)60(84)71-54(41(10)11)66(90)74(19)50(33-38(4)5)59(83)68-44(15)58(82)69-45(16)62(86)75(20)51(34-39(6)7)64(88)76(21)52(35-40(8)9)65(89)77(22)55(42(12)13)67(91)78(23)56(61(85)70-48)57(81)43(14)26-25-27-46-28-30-47(79)31-29-46/h25,27-31,37-45,48-52,54-57,79,81H,24,26,32-36H2,1-23H3,(H,68,83)(H,69,82)(H,70,85)(H,71,84)/t43-,44+,45-,48+,49+,50+,51+,52+,54+,55+,56+,57-/m1/s1. The summed E-state index contributed by atoms with van der Waals surface area (Å²) in [5.41, 5.74) is 0.743. The van der Waals surface area contributed by atoms with Gasteiger partial charge in [-0.3, -0.25) is 52.7 Å². The van der Waals surface area contributed by atoms with Gasteiger partial charge in [0.15, 0.2) is 0 Å². The molecule has 1 aliphatic heterocycles. The van der Waals surface area contributed by atoms with E-state index in [1.807, 2.05) is 55.4 Å². The number of carbonyl (C=O) groups excluding carboxylic acids is 11. The van der Waals surface area contributed by atoms with Gasteiger partial charge in [-0.2, -0.15) is 0 Å². The molecule has 24 nitrogen and oxygen atoms in total. The molecule has 1 aromatic rings. The van der Waals surface area contributed by atoms with E-state index in [1.54, 1.807) is 65.8 Å². The molecule has 1 fully saturated rings. The van der Waals surface area contributed by atoms with Gasteiger partial charge >= 0.3 is 0 Å². The van der Waals surface area contributed by atoms with E-state index in [0.717, 1.165) is 15.4 Å². The zero-order valence-electron chi connectivity index (χ0n) is 58.8. The third kappa shape index (κ3) is 22.6. The monoisotopic (exact) mass is 1280 g/mol. The molecule has 0 aromatic heterocycles. The SMILES string of the molecule is CC[C@@H]1NC(=O)[C@H]([C@H](O)[C@H](C)CC=Cc2ccc(O)cc2)N(C)C(=O)[C@H](C(C)C)N(C)C(=O)[C@H](CC(C)C)N(C)C(=O)[C@H](CC(C)C)N(C)C(=O)[C@@H](C)NC(=O)[C@H](C)NC(=O)[C@H](CC(C)C)N(C)C(=O)[C@H](C(C)C)NC(=O)[C@H](CC(C)C)N(C)C(=O)CN(C)C1=O. The Morgan fingerprint density at radius 1 is 0.473 bits per heavy atom. The molecule has 0 saturated carbocycles. The number of allylic oxidation sites excluding steroid dienone is 1. The lowest BCUT2D eigenvalue weighted by molar-refractivity contribution is -0.157. The Kier molecular flexibility index (Phi) is 31.8. The Balaban J connectivity index is 2.99. The number of aliphatic hydroxyl groups is 1. The molecule has 0 radical (unpaired) electrons. The summed E-state index contributed by atoms with van der Waals surface area (Å²) in [7, 11) is 9.85. The van der Waals surface area contributed by atoms with Crippen LogP contribution in [0.1, 0.15) is 155 Å². The first kappa shape index (κ1) is 80.0. The highest BCUT2D eigenvalue weighted by molar-refractivity contribution is 5.99. The van der Waals surface area contributed by atoms with Crippen LogP contribution in [0.3, 0.4) is 0 Å². The van der Waals surface area contributed by atoms with Gasteiger partial charge in [0, 0.05) is 49.3 Å². The number of aromatic hydroxyl groups is 1. The van der Waals surface area contributed by atoms with Crippen molar-refractivity contribution >= 4 is 71.1 Å². The van der Waals surface area contributed by atoms with Crippen LogP contribution >= 0.6 is 0 Å². The second-order valence-electron chi connectivity index (χ2n) is 27.5. The van der Waals surface area contributed by atoms with Crippen LogP contribution in [0.5, 0.6) is 5.75 Å². The summed E-state index contributed by atoms with van der Waals surface area (Å²) < 4.78 is 0. The van der Waals surface area contributed by atoms with E-state index in [1.165, 1.54) is 99.8 Å². The molecule has 1 saturated heterocycles. The van der Waals surface area contributed by atoms with Gasteiger partial charge in [-0.25, -0.2) is 0 Å². The lowest BCUT2D eigenvalue weighted by Gasteiger charge is -2.41. The summed E-state index contributed by atoms with van der Waals surface area (Å²) in [5.74, 6) is -10.1. The van der Waals surface area contributed by atoms with E-state index in [2.05, 4.69) is 21.3 Å². The first-order chi connectivity index (χ1) is 42.1. The van der Waals surface area contributed by atoms with E-state index >= 15 is 19.2 Å². The van der Waals surface area contributed by atoms with Crippen molar-refractivity contribution < 1.29 is 63.0 Å². The molecule has 91 heavy (non-hydrogen) atoms. The predicted molar refractivity (Wildman–Crippen MR) is 351 cm³/mol. The maximum atomic E-state index is 15.3. The van der Waals surface area contributed by atoms with Crippen LogP contribution in [-0.2, 0) is 52.7 Å². The molecule has 6 N–H and O–H groups in total. The van der Waals surface area contributed by atoms with Gasteiger partial charge in [0.1, 0.15) is 66.2 Å². The molecule has 514 valence electrons. The summed E-state index contributed by atoms with van der Waals surface area (Å²) >= 11 is 0. The topological polar surface area (TPSA) is 299 Å². The molecule has 24 heteroatoms. The van der Waals surface area contributed by atoms with Crippen LogP contribution in [0.15, 0.2) is 30.3 Å². The van der Waals surface area contributed by atoms with Crippen molar-refractivity contribution in [2.45, 2.75) is 216 Å². The molecule has 0 spiro atoms. The number of carbonyl (C=O) groups is 11. The lowest BCUT2D eigenvalue weighted by atomic mass is 9.91. The Morgan fingerprint density at radius 3 is 1.37 bits per heavy atom. The van der Waals surface area contributed by atoms with Gasteiger partial charge in [-0.05, 0) is 111 Å². The normalized spacial score (nSPS) is 25.9. The molecule has 0 aliphatic carbocycles. The van der Waals surface area contributed by atoms with Gasteiger partial charge in [0.25, 0.3) is 0 Å². The number of rotatable bonds is 16. The van der Waals surface area contributed by atoms with Crippen LogP contribution in [0.25, 0.3) is 6.08 Å². The minimum absolute atomic E-state index is 0.00809. The molecule has 0 bridgehead atoms. The number of likely N-dealkylation sites (N-methyl/N-ethyl adjacent to an activating group) is 7. The second-order valence-corrected chi connectivity index (χ2v) is 27.5. The fourth-order valence-corrected chi connectivity index (χ4v) is 11.3. The summed E-state index contributed by atoms with van der Waals surface area (Å²) in [5, 5.41) is 33.2. The van der Waals surface area contributed by atoms with Crippen molar-refractivity contribution in [2.24, 2.45) is 41.4 Å². The fraction of sp³-hybridized carbons (Fsp3) is 0.716. The molecule has 11 amide bonds. The highest BCUT2D eigenvalue weighted by atomic mass is 16.3. The fourth-order valence-electron chi connectivity index (χ4n) is 11.3. The molecule has 1 aliphatic rings. The minimum atomic E-state index is -1.68. The lowest BCUT2D eigenvalue weighted by Crippen LogP contribution is -2.63. The number of aliphatic hydroxyl groups excluding tert-OH is 1. The Hall–Kier alpha value is -7.11. The zero-order valence-corrected chi connectivity index (χ0v) is 58.8. The molecular formula is C67H113N11O13. The van der Waals surface area contributed by atoms with E-state index in [9.17, 15) is 43.8 Å². The molecule has 1 heterocycles. The van der Waals surface area contributed by atoms with Crippen molar-refractivity contribution in [3.63, 3.8) is 0 Å². The first-order valence-electron chi connectivity index (χ1n) is 32.3. The number of phenolic OH excluding ortho intramolecular Hbond substituents is 1. The average molecular weight is 1280 g/mol. The number of phenols is 1. The van der Waals surface area contributed by atoms with E-state index < -0.39 is 156 Å². The molecule has 1 aromatic carbocycles. The maximum Gasteiger partial charge on any atom is 0.246 e. The highest BCUT2D eigenvalue weighted by Crippen LogP contribution is 2.26. The van der Waals surface area contributed by atoms with Gasteiger partial charge in [-0.1, -0.05) is 121 Å². The van der Waals surface area contributed by atoms with Crippen molar-refractivity contribution in [3.8, 4) is 5.75 Å². The average Bonchev–Trinajstić information content (AvgIpc) is 0.937.